The third-order valence-electron chi connectivity index (χ3n) is 5.94. The first-order chi connectivity index (χ1) is 16.6. The molecule has 1 saturated carbocycles. The van der Waals surface area contributed by atoms with E-state index >= 15 is 0 Å². The number of anilines is 1. The monoisotopic (exact) mass is 486 g/mol. The molecule has 1 aliphatic rings. The number of benzene rings is 2. The number of nitrogens with one attached hydrogen (secondary N) is 1. The third-order valence-corrected chi connectivity index (χ3v) is 5.94. The summed E-state index contributed by atoms with van der Waals surface area (Å²) < 4.78 is 58.9. The molecule has 2 aromatic carbocycles. The van der Waals surface area contributed by atoms with Crippen LogP contribution in [-0.4, -0.2) is 16.9 Å². The van der Waals surface area contributed by atoms with Crippen molar-refractivity contribution < 1.29 is 31.9 Å². The Kier molecular flexibility index (Phi) is 6.60. The van der Waals surface area contributed by atoms with Gasteiger partial charge in [0.25, 0.3) is 0 Å². The minimum Gasteiger partial charge on any atom is -0.454 e. The number of rotatable bonds is 6. The number of hydrogen-bond acceptors (Lipinski definition) is 4. The van der Waals surface area contributed by atoms with Gasteiger partial charge in [-0.25, -0.2) is 9.37 Å². The van der Waals surface area contributed by atoms with Crippen molar-refractivity contribution in [2.75, 3.05) is 5.32 Å². The number of hydrogen-bond donors (Lipinski definition) is 1. The molecule has 0 atom stereocenters. The molecule has 9 heteroatoms. The van der Waals surface area contributed by atoms with Crippen molar-refractivity contribution in [3.8, 4) is 11.1 Å². The summed E-state index contributed by atoms with van der Waals surface area (Å²) in [6.07, 6.45) is -1.29. The van der Waals surface area contributed by atoms with Crippen LogP contribution >= 0.6 is 0 Å². The minimum atomic E-state index is -4.49. The zero-order valence-corrected chi connectivity index (χ0v) is 18.8. The van der Waals surface area contributed by atoms with E-state index in [0.29, 0.717) is 29.5 Å². The second-order valence-corrected chi connectivity index (χ2v) is 8.49. The van der Waals surface area contributed by atoms with Crippen LogP contribution in [0.2, 0.25) is 0 Å². The molecule has 1 amide bonds. The van der Waals surface area contributed by atoms with Crippen LogP contribution in [0.1, 0.15) is 42.9 Å². The fourth-order valence-electron chi connectivity index (χ4n) is 4.13. The van der Waals surface area contributed by atoms with Crippen LogP contribution in [0.3, 0.4) is 0 Å². The van der Waals surface area contributed by atoms with E-state index in [4.69, 9.17) is 4.74 Å². The number of aromatic nitrogens is 1. The van der Waals surface area contributed by atoms with Crippen LogP contribution in [0.25, 0.3) is 11.1 Å². The maximum atomic E-state index is 14.9. The zero-order valence-electron chi connectivity index (χ0n) is 18.8. The molecule has 0 aliphatic heterocycles. The molecule has 0 spiro atoms. The second-order valence-electron chi connectivity index (χ2n) is 8.49. The van der Waals surface area contributed by atoms with Gasteiger partial charge in [-0.05, 0) is 54.7 Å². The molecule has 1 heterocycles. The summed E-state index contributed by atoms with van der Waals surface area (Å²) in [5, 5.41) is 2.55. The van der Waals surface area contributed by atoms with E-state index in [9.17, 15) is 27.2 Å². The molecular formula is C26H22F4N2O3. The number of alkyl halides is 3. The molecule has 35 heavy (non-hydrogen) atoms. The maximum absolute atomic E-state index is 14.9. The summed E-state index contributed by atoms with van der Waals surface area (Å²) in [7, 11) is 0. The molecule has 1 aromatic heterocycles. The van der Waals surface area contributed by atoms with Crippen LogP contribution in [0, 0.1) is 5.82 Å². The predicted octanol–water partition coefficient (Wildman–Crippen LogP) is 6.03. The van der Waals surface area contributed by atoms with Gasteiger partial charge in [-0.1, -0.05) is 30.3 Å². The van der Waals surface area contributed by atoms with Gasteiger partial charge in [0.1, 0.15) is 17.2 Å². The molecule has 0 radical (unpaired) electrons. The number of carbonyl (C=O) groups excluding carboxylic acids is 2. The van der Waals surface area contributed by atoms with Crippen LogP contribution in [0.5, 0.6) is 0 Å². The van der Waals surface area contributed by atoms with Gasteiger partial charge >= 0.3 is 12.1 Å². The first-order valence-corrected chi connectivity index (χ1v) is 11.0. The number of esters is 1. The first kappa shape index (κ1) is 24.4. The van der Waals surface area contributed by atoms with E-state index in [1.165, 1.54) is 37.4 Å². The van der Waals surface area contributed by atoms with E-state index in [0.717, 1.165) is 18.6 Å². The summed E-state index contributed by atoms with van der Waals surface area (Å²) in [6, 6.07) is 12.4. The molecule has 5 nitrogen and oxygen atoms in total. The summed E-state index contributed by atoms with van der Waals surface area (Å²) in [5.41, 5.74) is -0.0175. The lowest BCUT2D eigenvalue weighted by atomic mass is 9.74. The van der Waals surface area contributed by atoms with Crippen molar-refractivity contribution in [1.29, 1.82) is 0 Å². The molecule has 182 valence electrons. The molecule has 0 saturated heterocycles. The van der Waals surface area contributed by atoms with Gasteiger partial charge in [-0.15, -0.1) is 0 Å². The predicted molar refractivity (Wildman–Crippen MR) is 121 cm³/mol. The van der Waals surface area contributed by atoms with Gasteiger partial charge < -0.3 is 10.1 Å². The van der Waals surface area contributed by atoms with Crippen molar-refractivity contribution in [1.82, 2.24) is 4.98 Å². The molecule has 0 unspecified atom stereocenters. The summed E-state index contributed by atoms with van der Waals surface area (Å²) >= 11 is 0. The van der Waals surface area contributed by atoms with Crippen LogP contribution in [0.4, 0.5) is 23.4 Å². The molecule has 4 rings (SSSR count). The average Bonchev–Trinajstić information content (AvgIpc) is 2.76. The third kappa shape index (κ3) is 5.50. The highest BCUT2D eigenvalue weighted by Gasteiger charge is 2.44. The standard InChI is InChI=1S/C26H22F4N2O3/c1-16(33)35-25(10-3-11-25)21-8-6-18(14-22(21)27)19-7-9-23(31-15-19)32-24(34)13-17-4-2-5-20(12-17)26(28,29)30/h2,4-9,12,14-15H,3,10-11,13H2,1H3,(H,31,32,34). The lowest BCUT2D eigenvalue weighted by Gasteiger charge is -2.41. The maximum Gasteiger partial charge on any atom is 0.416 e. The Balaban J connectivity index is 1.43. The Morgan fingerprint density at radius 2 is 1.80 bits per heavy atom. The van der Waals surface area contributed by atoms with E-state index < -0.39 is 35.0 Å². The topological polar surface area (TPSA) is 68.3 Å². The normalized spacial score (nSPS) is 14.7. The highest BCUT2D eigenvalue weighted by atomic mass is 19.4. The Morgan fingerprint density at radius 1 is 1.06 bits per heavy atom. The average molecular weight is 486 g/mol. The summed E-state index contributed by atoms with van der Waals surface area (Å²) in [6.45, 7) is 1.30. The Hall–Kier alpha value is -3.75. The van der Waals surface area contributed by atoms with E-state index in [-0.39, 0.29) is 17.8 Å². The van der Waals surface area contributed by atoms with Crippen molar-refractivity contribution in [3.05, 3.63) is 83.3 Å². The van der Waals surface area contributed by atoms with Gasteiger partial charge in [0.15, 0.2) is 0 Å². The number of halogens is 4. The van der Waals surface area contributed by atoms with Crippen molar-refractivity contribution in [2.24, 2.45) is 0 Å². The first-order valence-electron chi connectivity index (χ1n) is 11.0. The number of amides is 1. The fraction of sp³-hybridized carbons (Fsp3) is 0.269. The van der Waals surface area contributed by atoms with Crippen molar-refractivity contribution >= 4 is 17.7 Å². The summed E-state index contributed by atoms with van der Waals surface area (Å²) in [4.78, 5) is 27.9. The summed E-state index contributed by atoms with van der Waals surface area (Å²) in [5.74, 6) is -1.24. The van der Waals surface area contributed by atoms with E-state index in [1.54, 1.807) is 18.2 Å². The minimum absolute atomic E-state index is 0.214. The molecular weight excluding hydrogens is 464 g/mol. The Morgan fingerprint density at radius 3 is 2.37 bits per heavy atom. The van der Waals surface area contributed by atoms with E-state index in [1.807, 2.05) is 0 Å². The molecule has 3 aromatic rings. The van der Waals surface area contributed by atoms with Crippen molar-refractivity contribution in [2.45, 2.75) is 44.4 Å². The van der Waals surface area contributed by atoms with Crippen LogP contribution < -0.4 is 5.32 Å². The van der Waals surface area contributed by atoms with Crippen LogP contribution in [-0.2, 0) is 32.5 Å². The van der Waals surface area contributed by atoms with Gasteiger partial charge in [-0.2, -0.15) is 13.2 Å². The lowest BCUT2D eigenvalue weighted by Crippen LogP contribution is -2.39. The number of ether oxygens (including phenoxy) is 1. The smallest absolute Gasteiger partial charge is 0.416 e. The quantitative estimate of drug-likeness (QED) is 0.341. The van der Waals surface area contributed by atoms with Gasteiger partial charge in [0.05, 0.1) is 12.0 Å². The SMILES string of the molecule is CC(=O)OC1(c2ccc(-c3ccc(NC(=O)Cc4cccc(C(F)(F)F)c4)nc3)cc2F)CCC1. The molecule has 1 N–H and O–H groups in total. The highest BCUT2D eigenvalue weighted by Crippen LogP contribution is 2.46. The van der Waals surface area contributed by atoms with Gasteiger partial charge in [0.2, 0.25) is 5.91 Å². The number of nitrogens with zero attached hydrogens (tertiary/aromatic N) is 1. The number of carbonyl (C=O) groups is 2. The van der Waals surface area contributed by atoms with Gasteiger partial charge in [-0.3, -0.25) is 9.59 Å². The molecule has 1 aliphatic carbocycles. The molecule has 0 bridgehead atoms. The zero-order chi connectivity index (χ0) is 25.2. The Bertz CT molecular complexity index is 1250. The van der Waals surface area contributed by atoms with Crippen LogP contribution in [0.15, 0.2) is 60.8 Å². The molecule has 1 fully saturated rings. The van der Waals surface area contributed by atoms with Gasteiger partial charge in [0, 0.05) is 24.2 Å². The Labute approximate surface area is 199 Å². The van der Waals surface area contributed by atoms with E-state index in [2.05, 4.69) is 10.3 Å². The largest absolute Gasteiger partial charge is 0.454 e. The van der Waals surface area contributed by atoms with Crippen molar-refractivity contribution in [3.63, 3.8) is 0 Å². The fourth-order valence-corrected chi connectivity index (χ4v) is 4.13. The second kappa shape index (κ2) is 9.48. The number of pyridine rings is 1. The lowest BCUT2D eigenvalue weighted by molar-refractivity contribution is -0.169. The highest BCUT2D eigenvalue weighted by molar-refractivity contribution is 5.91.